The van der Waals surface area contributed by atoms with Gasteiger partial charge in [0.05, 0.1) is 0 Å². The number of carbonyl (C=O) groups excluding carboxylic acids is 1. The SMILES string of the molecule is Cl.NC(=O)CC(Cc1ccccc1)c1ccccc1. The number of hydrogen-bond acceptors (Lipinski definition) is 1. The molecule has 0 aliphatic heterocycles. The fraction of sp³-hybridized carbons (Fsp3) is 0.188. The van der Waals surface area contributed by atoms with Crippen molar-refractivity contribution >= 4 is 18.3 Å². The molecule has 0 aromatic heterocycles. The quantitative estimate of drug-likeness (QED) is 0.894. The number of carbonyl (C=O) groups is 1. The number of nitrogens with two attached hydrogens (primary N) is 1. The van der Waals surface area contributed by atoms with E-state index < -0.39 is 0 Å². The van der Waals surface area contributed by atoms with Gasteiger partial charge in [-0.1, -0.05) is 60.7 Å². The molecule has 2 aromatic rings. The Morgan fingerprint density at radius 2 is 1.47 bits per heavy atom. The molecule has 1 unspecified atom stereocenters. The van der Waals surface area contributed by atoms with Crippen LogP contribution < -0.4 is 5.73 Å². The zero-order valence-electron chi connectivity index (χ0n) is 10.7. The fourth-order valence-corrected chi connectivity index (χ4v) is 2.17. The molecule has 19 heavy (non-hydrogen) atoms. The molecule has 3 heteroatoms. The molecule has 0 aliphatic carbocycles. The average Bonchev–Trinajstić information content (AvgIpc) is 2.40. The highest BCUT2D eigenvalue weighted by atomic mass is 35.5. The van der Waals surface area contributed by atoms with Crippen molar-refractivity contribution in [3.05, 3.63) is 71.8 Å². The number of rotatable bonds is 5. The Balaban J connectivity index is 0.00000180. The second-order valence-corrected chi connectivity index (χ2v) is 4.47. The summed E-state index contributed by atoms with van der Waals surface area (Å²) in [6.07, 6.45) is 1.23. The van der Waals surface area contributed by atoms with E-state index in [4.69, 9.17) is 5.73 Å². The third-order valence-corrected chi connectivity index (χ3v) is 3.04. The molecule has 0 bridgehead atoms. The minimum atomic E-state index is -0.250. The van der Waals surface area contributed by atoms with E-state index in [1.54, 1.807) is 0 Å². The van der Waals surface area contributed by atoms with Gasteiger partial charge in [0, 0.05) is 6.42 Å². The van der Waals surface area contributed by atoms with Crippen LogP contribution in [-0.2, 0) is 11.2 Å². The predicted octanol–water partition coefficient (Wildman–Crippen LogP) is 3.31. The molecule has 1 atom stereocenters. The number of halogens is 1. The van der Waals surface area contributed by atoms with Crippen LogP contribution in [-0.4, -0.2) is 5.91 Å². The first-order valence-electron chi connectivity index (χ1n) is 6.13. The Kier molecular flexibility index (Phi) is 6.10. The van der Waals surface area contributed by atoms with Gasteiger partial charge in [0.15, 0.2) is 0 Å². The number of primary amides is 1. The van der Waals surface area contributed by atoms with Crippen LogP contribution in [0.2, 0.25) is 0 Å². The molecule has 2 aromatic carbocycles. The van der Waals surface area contributed by atoms with Crippen molar-refractivity contribution in [3.63, 3.8) is 0 Å². The van der Waals surface area contributed by atoms with Gasteiger partial charge >= 0.3 is 0 Å². The molecule has 2 N–H and O–H groups in total. The molecule has 0 aliphatic rings. The van der Waals surface area contributed by atoms with Gasteiger partial charge in [-0.2, -0.15) is 0 Å². The zero-order valence-corrected chi connectivity index (χ0v) is 11.5. The van der Waals surface area contributed by atoms with Gasteiger partial charge in [-0.05, 0) is 23.5 Å². The van der Waals surface area contributed by atoms with Gasteiger partial charge in [-0.25, -0.2) is 0 Å². The zero-order chi connectivity index (χ0) is 12.8. The predicted molar refractivity (Wildman–Crippen MR) is 80.4 cm³/mol. The lowest BCUT2D eigenvalue weighted by atomic mass is 9.89. The smallest absolute Gasteiger partial charge is 0.218 e. The summed E-state index contributed by atoms with van der Waals surface area (Å²) in [6, 6.07) is 20.3. The van der Waals surface area contributed by atoms with E-state index in [1.807, 2.05) is 36.4 Å². The second kappa shape index (κ2) is 7.59. The summed E-state index contributed by atoms with van der Waals surface area (Å²) in [7, 11) is 0. The maximum Gasteiger partial charge on any atom is 0.218 e. The van der Waals surface area contributed by atoms with Gasteiger partial charge in [0.2, 0.25) is 5.91 Å². The van der Waals surface area contributed by atoms with E-state index in [1.165, 1.54) is 11.1 Å². The van der Waals surface area contributed by atoms with Crippen LogP contribution in [0.1, 0.15) is 23.5 Å². The van der Waals surface area contributed by atoms with Crippen LogP contribution in [0.4, 0.5) is 0 Å². The van der Waals surface area contributed by atoms with E-state index in [-0.39, 0.29) is 24.2 Å². The molecule has 0 radical (unpaired) electrons. The topological polar surface area (TPSA) is 43.1 Å². The molecular weight excluding hydrogens is 258 g/mol. The molecule has 2 nitrogen and oxygen atoms in total. The van der Waals surface area contributed by atoms with E-state index >= 15 is 0 Å². The van der Waals surface area contributed by atoms with Crippen LogP contribution in [0.3, 0.4) is 0 Å². The third-order valence-electron chi connectivity index (χ3n) is 3.04. The first kappa shape index (κ1) is 15.3. The van der Waals surface area contributed by atoms with Gasteiger partial charge in [0.25, 0.3) is 0 Å². The van der Waals surface area contributed by atoms with Gasteiger partial charge < -0.3 is 5.73 Å². The summed E-state index contributed by atoms with van der Waals surface area (Å²) < 4.78 is 0. The molecular formula is C16H18ClNO. The molecule has 0 heterocycles. The Labute approximate surface area is 120 Å². The maximum absolute atomic E-state index is 11.2. The monoisotopic (exact) mass is 275 g/mol. The highest BCUT2D eigenvalue weighted by Crippen LogP contribution is 2.23. The highest BCUT2D eigenvalue weighted by Gasteiger charge is 2.14. The lowest BCUT2D eigenvalue weighted by Gasteiger charge is -2.15. The van der Waals surface area contributed by atoms with Gasteiger partial charge in [-0.3, -0.25) is 4.79 Å². The Hall–Kier alpha value is -1.80. The number of benzene rings is 2. The molecule has 1 amide bonds. The Morgan fingerprint density at radius 3 is 2.00 bits per heavy atom. The molecule has 0 saturated heterocycles. The summed E-state index contributed by atoms with van der Waals surface area (Å²) in [5, 5.41) is 0. The van der Waals surface area contributed by atoms with E-state index in [2.05, 4.69) is 24.3 Å². The lowest BCUT2D eigenvalue weighted by molar-refractivity contribution is -0.118. The van der Waals surface area contributed by atoms with Crippen molar-refractivity contribution in [3.8, 4) is 0 Å². The standard InChI is InChI=1S/C16H17NO.ClH/c17-16(18)12-15(14-9-5-2-6-10-14)11-13-7-3-1-4-8-13;/h1-10,15H,11-12H2,(H2,17,18);1H. The fourth-order valence-electron chi connectivity index (χ4n) is 2.17. The van der Waals surface area contributed by atoms with E-state index in [0.717, 1.165) is 6.42 Å². The van der Waals surface area contributed by atoms with Crippen molar-refractivity contribution in [1.82, 2.24) is 0 Å². The Morgan fingerprint density at radius 1 is 0.947 bits per heavy atom. The van der Waals surface area contributed by atoms with Crippen molar-refractivity contribution in [2.45, 2.75) is 18.8 Å². The van der Waals surface area contributed by atoms with E-state index in [9.17, 15) is 4.79 Å². The van der Waals surface area contributed by atoms with Gasteiger partial charge in [0.1, 0.15) is 0 Å². The van der Waals surface area contributed by atoms with Crippen molar-refractivity contribution in [2.75, 3.05) is 0 Å². The average molecular weight is 276 g/mol. The molecule has 0 fully saturated rings. The first-order valence-corrected chi connectivity index (χ1v) is 6.13. The molecule has 0 spiro atoms. The lowest BCUT2D eigenvalue weighted by Crippen LogP contribution is -2.16. The summed E-state index contributed by atoms with van der Waals surface area (Å²) >= 11 is 0. The summed E-state index contributed by atoms with van der Waals surface area (Å²) in [4.78, 5) is 11.2. The third kappa shape index (κ3) is 4.76. The van der Waals surface area contributed by atoms with E-state index in [0.29, 0.717) is 6.42 Å². The largest absolute Gasteiger partial charge is 0.370 e. The summed E-state index contributed by atoms with van der Waals surface area (Å²) in [5.41, 5.74) is 7.74. The molecule has 100 valence electrons. The summed E-state index contributed by atoms with van der Waals surface area (Å²) in [6.45, 7) is 0. The minimum Gasteiger partial charge on any atom is -0.370 e. The molecule has 0 saturated carbocycles. The summed E-state index contributed by atoms with van der Waals surface area (Å²) in [5.74, 6) is -0.0918. The maximum atomic E-state index is 11.2. The minimum absolute atomic E-state index is 0. The number of hydrogen-bond donors (Lipinski definition) is 1. The van der Waals surface area contributed by atoms with Crippen molar-refractivity contribution in [2.24, 2.45) is 5.73 Å². The van der Waals surface area contributed by atoms with Gasteiger partial charge in [-0.15, -0.1) is 12.4 Å². The van der Waals surface area contributed by atoms with Crippen molar-refractivity contribution in [1.29, 1.82) is 0 Å². The normalized spacial score (nSPS) is 11.4. The molecule has 2 rings (SSSR count). The second-order valence-electron chi connectivity index (χ2n) is 4.47. The van der Waals surface area contributed by atoms with Crippen LogP contribution in [0, 0.1) is 0 Å². The van der Waals surface area contributed by atoms with Crippen LogP contribution >= 0.6 is 12.4 Å². The van der Waals surface area contributed by atoms with Crippen LogP contribution in [0.15, 0.2) is 60.7 Å². The number of amides is 1. The first-order chi connectivity index (χ1) is 8.75. The Bertz CT molecular complexity index is 499. The van der Waals surface area contributed by atoms with Crippen molar-refractivity contribution < 1.29 is 4.79 Å². The van der Waals surface area contributed by atoms with Crippen LogP contribution in [0.25, 0.3) is 0 Å². The van der Waals surface area contributed by atoms with Crippen LogP contribution in [0.5, 0.6) is 0 Å². The highest BCUT2D eigenvalue weighted by molar-refractivity contribution is 5.85.